The Morgan fingerprint density at radius 3 is 2.52 bits per heavy atom. The second-order valence-electron chi connectivity index (χ2n) is 4.77. The third-order valence-corrected chi connectivity index (χ3v) is 5.24. The Hall–Kier alpha value is -1.52. The molecule has 0 spiro atoms. The predicted octanol–water partition coefficient (Wildman–Crippen LogP) is -1.78. The second kappa shape index (κ2) is 6.08. The molecular formula is C11H17N3O6S. The van der Waals surface area contributed by atoms with Crippen molar-refractivity contribution in [2.24, 2.45) is 0 Å². The molecule has 2 aliphatic heterocycles. The first-order valence-electron chi connectivity index (χ1n) is 6.62. The van der Waals surface area contributed by atoms with Crippen LogP contribution in [-0.4, -0.2) is 67.1 Å². The van der Waals surface area contributed by atoms with Crippen molar-refractivity contribution in [1.29, 1.82) is 0 Å². The summed E-state index contributed by atoms with van der Waals surface area (Å²) in [6, 6.07) is -0.893. The van der Waals surface area contributed by atoms with E-state index in [-0.39, 0.29) is 13.2 Å². The van der Waals surface area contributed by atoms with Crippen LogP contribution in [0.15, 0.2) is 0 Å². The quantitative estimate of drug-likeness (QED) is 0.484. The number of carbonyl (C=O) groups is 3. The molecule has 9 nitrogen and oxygen atoms in total. The molecule has 21 heavy (non-hydrogen) atoms. The van der Waals surface area contributed by atoms with Crippen LogP contribution in [0.5, 0.6) is 0 Å². The van der Waals surface area contributed by atoms with Gasteiger partial charge in [-0.25, -0.2) is 0 Å². The van der Waals surface area contributed by atoms with Crippen LogP contribution in [0.25, 0.3) is 0 Å². The van der Waals surface area contributed by atoms with E-state index in [9.17, 15) is 22.8 Å². The van der Waals surface area contributed by atoms with Gasteiger partial charge >= 0.3 is 5.97 Å². The Morgan fingerprint density at radius 1 is 1.33 bits per heavy atom. The Morgan fingerprint density at radius 2 is 1.95 bits per heavy atom. The van der Waals surface area contributed by atoms with Crippen molar-refractivity contribution < 1.29 is 27.5 Å². The largest absolute Gasteiger partial charge is 0.465 e. The molecule has 2 amide bonds. The average molecular weight is 319 g/mol. The topological polar surface area (TPSA) is 113 Å². The summed E-state index contributed by atoms with van der Waals surface area (Å²) >= 11 is 0. The first-order chi connectivity index (χ1) is 9.86. The van der Waals surface area contributed by atoms with Gasteiger partial charge in [0.05, 0.1) is 19.7 Å². The number of piperazine rings is 1. The molecule has 0 aliphatic carbocycles. The molecule has 0 aromatic carbocycles. The van der Waals surface area contributed by atoms with Crippen LogP contribution in [0.2, 0.25) is 0 Å². The molecule has 1 atom stereocenters. The van der Waals surface area contributed by atoms with Gasteiger partial charge in [0.2, 0.25) is 11.8 Å². The number of esters is 1. The number of ether oxygens (including phenoxy) is 1. The van der Waals surface area contributed by atoms with Gasteiger partial charge in [-0.15, -0.1) is 0 Å². The smallest absolute Gasteiger partial charge is 0.324 e. The van der Waals surface area contributed by atoms with Crippen LogP contribution in [0.3, 0.4) is 0 Å². The molecule has 0 radical (unpaired) electrons. The summed E-state index contributed by atoms with van der Waals surface area (Å²) in [7, 11) is -4.06. The maximum absolute atomic E-state index is 12.5. The Bertz CT molecular complexity index is 544. The lowest BCUT2D eigenvalue weighted by Crippen LogP contribution is -2.58. The van der Waals surface area contributed by atoms with Gasteiger partial charge in [0, 0.05) is 6.54 Å². The number of amides is 2. The summed E-state index contributed by atoms with van der Waals surface area (Å²) in [5, 5.41) is 2.03. The lowest BCUT2D eigenvalue weighted by Gasteiger charge is -2.31. The first-order valence-corrected chi connectivity index (χ1v) is 8.02. The zero-order chi connectivity index (χ0) is 15.6. The second-order valence-corrected chi connectivity index (χ2v) is 6.65. The van der Waals surface area contributed by atoms with E-state index in [1.165, 1.54) is 0 Å². The summed E-state index contributed by atoms with van der Waals surface area (Å²) in [6.45, 7) is 1.10. The molecule has 2 saturated heterocycles. The molecule has 2 heterocycles. The van der Waals surface area contributed by atoms with Crippen molar-refractivity contribution in [2.75, 3.05) is 26.2 Å². The summed E-state index contributed by atoms with van der Waals surface area (Å²) in [5.74, 6) is -1.96. The normalized spacial score (nSPS) is 24.9. The first kappa shape index (κ1) is 15.9. The van der Waals surface area contributed by atoms with Gasteiger partial charge in [0.25, 0.3) is 10.2 Å². The maximum atomic E-state index is 12.5. The molecule has 1 N–H and O–H groups in total. The number of carbonyl (C=O) groups excluding carboxylic acids is 3. The number of hydrogen-bond acceptors (Lipinski definition) is 6. The van der Waals surface area contributed by atoms with Crippen molar-refractivity contribution in [1.82, 2.24) is 13.9 Å². The monoisotopic (exact) mass is 319 g/mol. The highest BCUT2D eigenvalue weighted by Crippen LogP contribution is 2.24. The fourth-order valence-electron chi connectivity index (χ4n) is 2.41. The van der Waals surface area contributed by atoms with Crippen LogP contribution in [0.1, 0.15) is 19.8 Å². The lowest BCUT2D eigenvalue weighted by atomic mass is 10.2. The molecule has 1 unspecified atom stereocenters. The molecule has 2 fully saturated rings. The van der Waals surface area contributed by atoms with E-state index < -0.39 is 47.1 Å². The van der Waals surface area contributed by atoms with Crippen LogP contribution >= 0.6 is 0 Å². The van der Waals surface area contributed by atoms with E-state index in [0.29, 0.717) is 12.8 Å². The third kappa shape index (κ3) is 3.22. The maximum Gasteiger partial charge on any atom is 0.324 e. The Kier molecular flexibility index (Phi) is 4.59. The lowest BCUT2D eigenvalue weighted by molar-refractivity contribution is -0.146. The molecule has 2 aliphatic rings. The zero-order valence-electron chi connectivity index (χ0n) is 11.6. The van der Waals surface area contributed by atoms with E-state index >= 15 is 0 Å². The highest BCUT2D eigenvalue weighted by atomic mass is 32.2. The molecule has 2 rings (SSSR count). The molecular weight excluding hydrogens is 302 g/mol. The minimum atomic E-state index is -4.06. The van der Waals surface area contributed by atoms with Gasteiger partial charge in [-0.1, -0.05) is 0 Å². The predicted molar refractivity (Wildman–Crippen MR) is 70.0 cm³/mol. The molecule has 10 heteroatoms. The van der Waals surface area contributed by atoms with E-state index in [0.717, 1.165) is 8.61 Å². The highest BCUT2D eigenvalue weighted by Gasteiger charge is 2.44. The standard InChI is InChI=1S/C11H17N3O6S/c1-2-20-11(17)8-4-3-5-14(8)21(18,19)13-6-9(15)12-10(16)7-13/h8H,2-7H2,1H3,(H,12,15,16). The average Bonchev–Trinajstić information content (AvgIpc) is 2.87. The van der Waals surface area contributed by atoms with Gasteiger partial charge in [-0.2, -0.15) is 17.0 Å². The van der Waals surface area contributed by atoms with Crippen LogP contribution in [0, 0.1) is 0 Å². The van der Waals surface area contributed by atoms with E-state index in [1.54, 1.807) is 6.92 Å². The van der Waals surface area contributed by atoms with Crippen LogP contribution in [0.4, 0.5) is 0 Å². The Labute approximate surface area is 122 Å². The number of hydrogen-bond donors (Lipinski definition) is 1. The van der Waals surface area contributed by atoms with Gasteiger partial charge in [-0.05, 0) is 19.8 Å². The van der Waals surface area contributed by atoms with E-state index in [1.807, 2.05) is 5.32 Å². The molecule has 0 bridgehead atoms. The van der Waals surface area contributed by atoms with Gasteiger partial charge < -0.3 is 4.74 Å². The van der Waals surface area contributed by atoms with Gasteiger partial charge in [0.1, 0.15) is 6.04 Å². The number of nitrogens with zero attached hydrogens (tertiary/aromatic N) is 2. The van der Waals surface area contributed by atoms with Crippen molar-refractivity contribution in [3.63, 3.8) is 0 Å². The SMILES string of the molecule is CCOC(=O)C1CCCN1S(=O)(=O)N1CC(=O)NC(=O)C1. The van der Waals surface area contributed by atoms with Crippen LogP contribution < -0.4 is 5.32 Å². The van der Waals surface area contributed by atoms with Crippen molar-refractivity contribution in [2.45, 2.75) is 25.8 Å². The zero-order valence-corrected chi connectivity index (χ0v) is 12.4. The number of rotatable bonds is 4. The highest BCUT2D eigenvalue weighted by molar-refractivity contribution is 7.86. The summed E-state index contributed by atoms with van der Waals surface area (Å²) in [5.41, 5.74) is 0. The van der Waals surface area contributed by atoms with Crippen molar-refractivity contribution in [3.8, 4) is 0 Å². The third-order valence-electron chi connectivity index (χ3n) is 3.30. The molecule has 0 aromatic heterocycles. The number of nitrogens with one attached hydrogen (secondary N) is 1. The summed E-state index contributed by atoms with van der Waals surface area (Å²) in [4.78, 5) is 34.5. The van der Waals surface area contributed by atoms with Crippen molar-refractivity contribution >= 4 is 28.0 Å². The molecule has 0 aromatic rings. The van der Waals surface area contributed by atoms with Crippen molar-refractivity contribution in [3.05, 3.63) is 0 Å². The molecule has 0 saturated carbocycles. The summed E-state index contributed by atoms with van der Waals surface area (Å²) in [6.07, 6.45) is 0.892. The fourth-order valence-corrected chi connectivity index (χ4v) is 4.14. The Balaban J connectivity index is 2.19. The van der Waals surface area contributed by atoms with Gasteiger partial charge in [0.15, 0.2) is 0 Å². The van der Waals surface area contributed by atoms with Gasteiger partial charge in [-0.3, -0.25) is 19.7 Å². The van der Waals surface area contributed by atoms with E-state index in [4.69, 9.17) is 4.74 Å². The summed E-state index contributed by atoms with van der Waals surface area (Å²) < 4.78 is 31.7. The molecule has 118 valence electrons. The minimum absolute atomic E-state index is 0.161. The van der Waals surface area contributed by atoms with E-state index in [2.05, 4.69) is 0 Å². The fraction of sp³-hybridized carbons (Fsp3) is 0.727. The van der Waals surface area contributed by atoms with Crippen LogP contribution in [-0.2, 0) is 29.3 Å². The minimum Gasteiger partial charge on any atom is -0.465 e. The number of imide groups is 1.